The Bertz CT molecular complexity index is 1880. The average molecular weight is 688 g/mol. The van der Waals surface area contributed by atoms with Crippen molar-refractivity contribution in [2.75, 3.05) is 43.0 Å². The van der Waals surface area contributed by atoms with E-state index in [0.717, 1.165) is 24.3 Å². The molecule has 0 spiro atoms. The number of ether oxygens (including phenoxy) is 3. The fourth-order valence-corrected chi connectivity index (χ4v) is 7.12. The highest BCUT2D eigenvalue weighted by Crippen LogP contribution is 2.37. The van der Waals surface area contributed by atoms with Crippen molar-refractivity contribution in [2.45, 2.75) is 19.1 Å². The topological polar surface area (TPSA) is 191 Å². The zero-order valence-electron chi connectivity index (χ0n) is 24.8. The summed E-state index contributed by atoms with van der Waals surface area (Å²) in [5.74, 6) is -0.881. The summed E-state index contributed by atoms with van der Waals surface area (Å²) >= 11 is 0. The maximum absolute atomic E-state index is 13.7. The van der Waals surface area contributed by atoms with Gasteiger partial charge in [-0.15, -0.1) is 0 Å². The number of hydrazine groups is 1. The molecule has 0 aliphatic carbocycles. The van der Waals surface area contributed by atoms with E-state index in [1.807, 2.05) is 0 Å². The summed E-state index contributed by atoms with van der Waals surface area (Å²) in [4.78, 5) is 25.8. The molecule has 0 radical (unpaired) electrons. The Morgan fingerprint density at radius 1 is 1.00 bits per heavy atom. The van der Waals surface area contributed by atoms with Crippen molar-refractivity contribution in [3.05, 3.63) is 54.0 Å². The summed E-state index contributed by atoms with van der Waals surface area (Å²) in [6.07, 6.45) is -0.561. The van der Waals surface area contributed by atoms with E-state index < -0.39 is 48.6 Å². The Balaban J connectivity index is 1.81. The van der Waals surface area contributed by atoms with Crippen molar-refractivity contribution >= 4 is 43.2 Å². The number of benzene rings is 1. The quantitative estimate of drug-likeness (QED) is 0.266. The number of aromatic nitrogens is 3. The van der Waals surface area contributed by atoms with Crippen LogP contribution in [0.3, 0.4) is 0 Å². The number of nitrogens with one attached hydrogen (secondary N) is 3. The van der Waals surface area contributed by atoms with E-state index in [2.05, 4.69) is 25.7 Å². The van der Waals surface area contributed by atoms with Crippen LogP contribution in [0.25, 0.3) is 11.1 Å². The van der Waals surface area contributed by atoms with Gasteiger partial charge in [-0.3, -0.25) is 9.80 Å². The van der Waals surface area contributed by atoms with Gasteiger partial charge in [0.05, 0.1) is 21.3 Å². The number of hydrogen-bond donors (Lipinski definition) is 3. The Hall–Kier alpha value is -4.69. The lowest BCUT2D eigenvalue weighted by molar-refractivity contribution is -0.142. The van der Waals surface area contributed by atoms with Gasteiger partial charge in [0.1, 0.15) is 23.1 Å². The molecule has 3 aromatic rings. The lowest BCUT2D eigenvalue weighted by Crippen LogP contribution is -2.45. The molecule has 0 bridgehead atoms. The Morgan fingerprint density at radius 3 is 2.20 bits per heavy atom. The number of hydrogen-bond acceptors (Lipinski definition) is 14. The summed E-state index contributed by atoms with van der Waals surface area (Å²) in [5, 5.41) is 2.67. The van der Waals surface area contributed by atoms with E-state index in [1.54, 1.807) is 22.9 Å². The minimum atomic E-state index is -4.65. The second kappa shape index (κ2) is 13.0. The predicted molar refractivity (Wildman–Crippen MR) is 160 cm³/mol. The standard InChI is InChI=1S/C26H28F3N7O8S2/c1-14-6-21(26(27,28)29)34-36(14)22-20(12-31-25(33-22)32-16-8-17(42-2)10-18(9-16)43-3)15-7-19(24(44-4)30-11-15)23(37)35-46(40,41)13-45(5,38)39/h6-12,21,34H,13H2,1-5H3,(H,35,37)(H,31,32,33). The molecule has 1 unspecified atom stereocenters. The summed E-state index contributed by atoms with van der Waals surface area (Å²) in [5.41, 5.74) is 2.61. The minimum Gasteiger partial charge on any atom is -0.497 e. The van der Waals surface area contributed by atoms with Gasteiger partial charge in [-0.2, -0.15) is 18.2 Å². The molecule has 248 valence electrons. The van der Waals surface area contributed by atoms with Gasteiger partial charge < -0.3 is 19.5 Å². The van der Waals surface area contributed by atoms with Crippen molar-refractivity contribution in [1.29, 1.82) is 0 Å². The summed E-state index contributed by atoms with van der Waals surface area (Å²) in [7, 11) is -4.61. The van der Waals surface area contributed by atoms with Crippen molar-refractivity contribution in [3.8, 4) is 28.5 Å². The predicted octanol–water partition coefficient (Wildman–Crippen LogP) is 2.53. The first-order valence-corrected chi connectivity index (χ1v) is 16.6. The highest BCUT2D eigenvalue weighted by atomic mass is 32.3. The molecule has 1 aliphatic rings. The van der Waals surface area contributed by atoms with Crippen LogP contribution in [-0.2, 0) is 19.9 Å². The monoisotopic (exact) mass is 687 g/mol. The molecule has 1 amide bonds. The van der Waals surface area contributed by atoms with Gasteiger partial charge >= 0.3 is 6.18 Å². The SMILES string of the molecule is COc1cc(Nc2ncc(-c3cnc(OC)c(C(=O)NS(=O)(=O)CS(C)(=O)=O)c3)c(N3NC(C(F)(F)F)C=C3C)n2)cc(OC)c1. The van der Waals surface area contributed by atoms with E-state index in [1.165, 1.54) is 33.5 Å². The molecule has 1 aromatic carbocycles. The van der Waals surface area contributed by atoms with Crippen LogP contribution in [0.5, 0.6) is 17.4 Å². The maximum atomic E-state index is 13.7. The largest absolute Gasteiger partial charge is 0.497 e. The van der Waals surface area contributed by atoms with Gasteiger partial charge in [-0.25, -0.2) is 37.0 Å². The van der Waals surface area contributed by atoms with Gasteiger partial charge in [-0.05, 0) is 19.1 Å². The molecule has 3 heterocycles. The number of anilines is 3. The third kappa shape index (κ3) is 8.12. The molecule has 1 atom stereocenters. The van der Waals surface area contributed by atoms with Gasteiger partial charge in [-0.1, -0.05) is 0 Å². The van der Waals surface area contributed by atoms with Crippen LogP contribution in [0.15, 0.2) is 48.4 Å². The molecule has 0 saturated carbocycles. The van der Waals surface area contributed by atoms with E-state index in [0.29, 0.717) is 23.4 Å². The Morgan fingerprint density at radius 2 is 1.65 bits per heavy atom. The van der Waals surface area contributed by atoms with Gasteiger partial charge in [0.15, 0.2) is 20.7 Å². The van der Waals surface area contributed by atoms with Gasteiger partial charge in [0.2, 0.25) is 21.9 Å². The average Bonchev–Trinajstić information content (AvgIpc) is 3.37. The Labute approximate surface area is 261 Å². The molecule has 3 N–H and O–H groups in total. The smallest absolute Gasteiger partial charge is 0.409 e. The van der Waals surface area contributed by atoms with Crippen LogP contribution in [0.1, 0.15) is 17.3 Å². The first-order valence-electron chi connectivity index (χ1n) is 12.9. The number of amides is 1. The number of sulfone groups is 1. The number of halogens is 3. The normalized spacial score (nSPS) is 15.3. The molecular formula is C26H28F3N7O8S2. The van der Waals surface area contributed by atoms with E-state index in [9.17, 15) is 34.8 Å². The van der Waals surface area contributed by atoms with E-state index in [4.69, 9.17) is 14.2 Å². The number of pyridine rings is 1. The summed E-state index contributed by atoms with van der Waals surface area (Å²) in [6.45, 7) is 1.42. The Kier molecular flexibility index (Phi) is 9.64. The summed E-state index contributed by atoms with van der Waals surface area (Å²) in [6, 6.07) is 3.93. The molecular weight excluding hydrogens is 659 g/mol. The number of nitrogens with zero attached hydrogens (tertiary/aromatic N) is 4. The van der Waals surface area contributed by atoms with Crippen LogP contribution >= 0.6 is 0 Å². The third-order valence-electron chi connectivity index (χ3n) is 6.19. The fourth-order valence-electron chi connectivity index (χ4n) is 4.24. The first kappa shape index (κ1) is 34.2. The van der Waals surface area contributed by atoms with Crippen LogP contribution in [-0.4, -0.2) is 82.6 Å². The van der Waals surface area contributed by atoms with Gasteiger partial charge in [0.25, 0.3) is 5.91 Å². The van der Waals surface area contributed by atoms with Crippen molar-refractivity contribution in [1.82, 2.24) is 25.1 Å². The number of rotatable bonds is 11. The molecule has 15 nitrogen and oxygen atoms in total. The molecule has 20 heteroatoms. The first-order chi connectivity index (χ1) is 21.4. The molecule has 4 rings (SSSR count). The zero-order chi connectivity index (χ0) is 34.0. The number of alkyl halides is 3. The zero-order valence-corrected chi connectivity index (χ0v) is 26.5. The lowest BCUT2D eigenvalue weighted by Gasteiger charge is -2.25. The molecule has 2 aromatic heterocycles. The van der Waals surface area contributed by atoms with Crippen LogP contribution in [0.2, 0.25) is 0 Å². The molecule has 46 heavy (non-hydrogen) atoms. The number of carbonyl (C=O) groups is 1. The van der Waals surface area contributed by atoms with Crippen molar-refractivity contribution < 1.29 is 49.0 Å². The third-order valence-corrected chi connectivity index (χ3v) is 9.64. The molecule has 0 fully saturated rings. The lowest BCUT2D eigenvalue weighted by atomic mass is 10.1. The molecule has 0 saturated heterocycles. The number of carbonyl (C=O) groups excluding carboxylic acids is 1. The van der Waals surface area contributed by atoms with E-state index in [-0.39, 0.29) is 34.5 Å². The number of methoxy groups -OCH3 is 3. The van der Waals surface area contributed by atoms with Crippen molar-refractivity contribution in [2.24, 2.45) is 0 Å². The summed E-state index contributed by atoms with van der Waals surface area (Å²) < 4.78 is 106. The second-order valence-corrected chi connectivity index (χ2v) is 14.0. The van der Waals surface area contributed by atoms with Crippen LogP contribution in [0.4, 0.5) is 30.6 Å². The number of sulfonamides is 1. The van der Waals surface area contributed by atoms with Crippen LogP contribution < -0.4 is 34.7 Å². The van der Waals surface area contributed by atoms with Crippen molar-refractivity contribution in [3.63, 3.8) is 0 Å². The van der Waals surface area contributed by atoms with E-state index >= 15 is 0 Å². The highest BCUT2D eigenvalue weighted by molar-refractivity contribution is 8.07. The number of allylic oxidation sites excluding steroid dienone is 1. The highest BCUT2D eigenvalue weighted by Gasteiger charge is 2.43. The maximum Gasteiger partial charge on any atom is 0.409 e. The second-order valence-electron chi connectivity index (χ2n) is 9.82. The van der Waals surface area contributed by atoms with Gasteiger partial charge in [0, 0.05) is 59.4 Å². The molecule has 1 aliphatic heterocycles. The fraction of sp³-hybridized carbons (Fsp3) is 0.308. The minimum absolute atomic E-state index is 0.0505. The van der Waals surface area contributed by atoms with Crippen LogP contribution in [0, 0.1) is 0 Å².